The smallest absolute Gasteiger partial charge is 0.157 e. The molecule has 0 radical (unpaired) electrons. The predicted octanol–water partition coefficient (Wildman–Crippen LogP) is 4.68. The Morgan fingerprint density at radius 2 is 1.70 bits per heavy atom. The highest BCUT2D eigenvalue weighted by Gasteiger charge is 2.26. The summed E-state index contributed by atoms with van der Waals surface area (Å²) in [5, 5.41) is 0. The second-order valence-electron chi connectivity index (χ2n) is 6.83. The van der Waals surface area contributed by atoms with Crippen LogP contribution in [0.4, 0.5) is 0 Å². The highest BCUT2D eigenvalue weighted by Crippen LogP contribution is 2.21. The normalized spacial score (nSPS) is 24.0. The van der Waals surface area contributed by atoms with Gasteiger partial charge in [0, 0.05) is 13.0 Å². The molecule has 0 spiro atoms. The van der Waals surface area contributed by atoms with Crippen molar-refractivity contribution < 1.29 is 14.2 Å². The van der Waals surface area contributed by atoms with Gasteiger partial charge in [-0.15, -0.1) is 0 Å². The van der Waals surface area contributed by atoms with Crippen LogP contribution < -0.4 is 0 Å². The molecule has 0 aliphatic carbocycles. The summed E-state index contributed by atoms with van der Waals surface area (Å²) in [6, 6.07) is 0. The predicted molar refractivity (Wildman–Crippen MR) is 82.9 cm³/mol. The Morgan fingerprint density at radius 3 is 2.30 bits per heavy atom. The summed E-state index contributed by atoms with van der Waals surface area (Å²) >= 11 is 0. The molecule has 3 heteroatoms. The summed E-state index contributed by atoms with van der Waals surface area (Å²) in [5.41, 5.74) is -0.0831. The van der Waals surface area contributed by atoms with E-state index in [-0.39, 0.29) is 18.0 Å². The van der Waals surface area contributed by atoms with Gasteiger partial charge in [0.25, 0.3) is 0 Å². The summed E-state index contributed by atoms with van der Waals surface area (Å²) in [5.74, 6) is 0. The molecule has 2 atom stereocenters. The standard InChI is InChI=1S/C17H34O3/c1-5-6-7-8-9-10-13-18-16-12-11-15(14-19-16)20-17(2,3)4/h15-16H,5-14H2,1-4H3/t15-,16+/m0/s1. The van der Waals surface area contributed by atoms with Crippen molar-refractivity contribution in [2.45, 2.75) is 97.1 Å². The zero-order chi connectivity index (χ0) is 14.8. The van der Waals surface area contributed by atoms with Crippen LogP contribution in [0.3, 0.4) is 0 Å². The molecule has 0 aromatic heterocycles. The second kappa shape index (κ2) is 9.75. The van der Waals surface area contributed by atoms with Gasteiger partial charge in [0.15, 0.2) is 6.29 Å². The maximum atomic E-state index is 5.93. The Labute approximate surface area is 125 Å². The van der Waals surface area contributed by atoms with E-state index < -0.39 is 0 Å². The van der Waals surface area contributed by atoms with Gasteiger partial charge in [0.2, 0.25) is 0 Å². The van der Waals surface area contributed by atoms with Crippen molar-refractivity contribution in [3.8, 4) is 0 Å². The van der Waals surface area contributed by atoms with E-state index in [9.17, 15) is 0 Å². The van der Waals surface area contributed by atoms with E-state index in [1.54, 1.807) is 0 Å². The fraction of sp³-hybridized carbons (Fsp3) is 1.00. The van der Waals surface area contributed by atoms with Crippen molar-refractivity contribution in [1.29, 1.82) is 0 Å². The molecular weight excluding hydrogens is 252 g/mol. The lowest BCUT2D eigenvalue weighted by Crippen LogP contribution is -2.37. The maximum Gasteiger partial charge on any atom is 0.157 e. The van der Waals surface area contributed by atoms with Crippen LogP contribution in [0, 0.1) is 0 Å². The molecule has 3 nitrogen and oxygen atoms in total. The monoisotopic (exact) mass is 286 g/mol. The quantitative estimate of drug-likeness (QED) is 0.576. The third kappa shape index (κ3) is 8.93. The van der Waals surface area contributed by atoms with Crippen molar-refractivity contribution in [2.24, 2.45) is 0 Å². The van der Waals surface area contributed by atoms with Gasteiger partial charge in [-0.25, -0.2) is 0 Å². The fourth-order valence-electron chi connectivity index (χ4n) is 2.52. The molecule has 0 bridgehead atoms. The van der Waals surface area contributed by atoms with Crippen molar-refractivity contribution in [1.82, 2.24) is 0 Å². The van der Waals surface area contributed by atoms with E-state index in [1.165, 1.54) is 32.1 Å². The average Bonchev–Trinajstić information content (AvgIpc) is 2.38. The summed E-state index contributed by atoms with van der Waals surface area (Å²) in [7, 11) is 0. The van der Waals surface area contributed by atoms with Crippen LogP contribution in [0.1, 0.15) is 79.1 Å². The number of rotatable bonds is 9. The third-order valence-electron chi connectivity index (χ3n) is 3.51. The molecule has 20 heavy (non-hydrogen) atoms. The largest absolute Gasteiger partial charge is 0.370 e. The van der Waals surface area contributed by atoms with Gasteiger partial charge in [0.1, 0.15) is 0 Å². The van der Waals surface area contributed by atoms with Gasteiger partial charge in [-0.3, -0.25) is 0 Å². The van der Waals surface area contributed by atoms with E-state index in [4.69, 9.17) is 14.2 Å². The SMILES string of the molecule is CCCCCCCCO[C@H]1CC[C@H](OC(C)(C)C)CO1. The molecule has 0 aromatic rings. The van der Waals surface area contributed by atoms with E-state index in [0.717, 1.165) is 25.9 Å². The summed E-state index contributed by atoms with van der Waals surface area (Å²) in [6.07, 6.45) is 10.0. The molecule has 1 rings (SSSR count). The van der Waals surface area contributed by atoms with Gasteiger partial charge < -0.3 is 14.2 Å². The van der Waals surface area contributed by atoms with Gasteiger partial charge in [-0.2, -0.15) is 0 Å². The van der Waals surface area contributed by atoms with Crippen molar-refractivity contribution in [3.63, 3.8) is 0 Å². The van der Waals surface area contributed by atoms with Crippen LogP contribution in [0.5, 0.6) is 0 Å². The summed E-state index contributed by atoms with van der Waals surface area (Å²) in [4.78, 5) is 0. The summed E-state index contributed by atoms with van der Waals surface area (Å²) in [6.45, 7) is 10.0. The van der Waals surface area contributed by atoms with E-state index in [2.05, 4.69) is 27.7 Å². The Hall–Kier alpha value is -0.120. The minimum Gasteiger partial charge on any atom is -0.370 e. The van der Waals surface area contributed by atoms with E-state index in [1.807, 2.05) is 0 Å². The van der Waals surface area contributed by atoms with Gasteiger partial charge in [-0.05, 0) is 33.6 Å². The Balaban J connectivity index is 1.97. The first kappa shape index (κ1) is 17.9. The topological polar surface area (TPSA) is 27.7 Å². The first-order chi connectivity index (χ1) is 9.51. The average molecular weight is 286 g/mol. The van der Waals surface area contributed by atoms with Crippen LogP contribution >= 0.6 is 0 Å². The second-order valence-corrected chi connectivity index (χ2v) is 6.83. The molecule has 0 saturated carbocycles. The Kier molecular flexibility index (Phi) is 8.74. The molecule has 0 N–H and O–H groups in total. The van der Waals surface area contributed by atoms with Crippen LogP contribution in [-0.4, -0.2) is 31.2 Å². The third-order valence-corrected chi connectivity index (χ3v) is 3.51. The highest BCUT2D eigenvalue weighted by molar-refractivity contribution is 4.70. The van der Waals surface area contributed by atoms with E-state index >= 15 is 0 Å². The lowest BCUT2D eigenvalue weighted by molar-refractivity contribution is -0.209. The van der Waals surface area contributed by atoms with Crippen LogP contribution in [0.25, 0.3) is 0 Å². The Morgan fingerprint density at radius 1 is 1.00 bits per heavy atom. The molecule has 120 valence electrons. The molecule has 0 amide bonds. The molecular formula is C17H34O3. The molecule has 1 aliphatic heterocycles. The maximum absolute atomic E-state index is 5.93. The first-order valence-corrected chi connectivity index (χ1v) is 8.42. The Bertz CT molecular complexity index is 227. The lowest BCUT2D eigenvalue weighted by atomic mass is 10.1. The minimum absolute atomic E-state index is 0.00883. The van der Waals surface area contributed by atoms with Crippen molar-refractivity contribution >= 4 is 0 Å². The highest BCUT2D eigenvalue weighted by atomic mass is 16.7. The molecule has 1 saturated heterocycles. The fourth-order valence-corrected chi connectivity index (χ4v) is 2.52. The first-order valence-electron chi connectivity index (χ1n) is 8.42. The molecule has 0 unspecified atom stereocenters. The molecule has 1 aliphatic rings. The van der Waals surface area contributed by atoms with E-state index in [0.29, 0.717) is 6.61 Å². The van der Waals surface area contributed by atoms with Crippen LogP contribution in [-0.2, 0) is 14.2 Å². The molecule has 1 heterocycles. The number of unbranched alkanes of at least 4 members (excludes halogenated alkanes) is 5. The minimum atomic E-state index is -0.0831. The number of ether oxygens (including phenoxy) is 3. The van der Waals surface area contributed by atoms with Crippen molar-refractivity contribution in [3.05, 3.63) is 0 Å². The van der Waals surface area contributed by atoms with Gasteiger partial charge in [0.05, 0.1) is 18.3 Å². The molecule has 1 fully saturated rings. The number of hydrogen-bond acceptors (Lipinski definition) is 3. The number of hydrogen-bond donors (Lipinski definition) is 0. The summed E-state index contributed by atoms with van der Waals surface area (Å²) < 4.78 is 17.5. The zero-order valence-corrected chi connectivity index (χ0v) is 14.0. The van der Waals surface area contributed by atoms with Crippen LogP contribution in [0.2, 0.25) is 0 Å². The van der Waals surface area contributed by atoms with Gasteiger partial charge >= 0.3 is 0 Å². The van der Waals surface area contributed by atoms with Crippen LogP contribution in [0.15, 0.2) is 0 Å². The van der Waals surface area contributed by atoms with Crippen molar-refractivity contribution in [2.75, 3.05) is 13.2 Å². The lowest BCUT2D eigenvalue weighted by Gasteiger charge is -2.33. The van der Waals surface area contributed by atoms with Gasteiger partial charge in [-0.1, -0.05) is 39.0 Å². The zero-order valence-electron chi connectivity index (χ0n) is 14.0. The molecule has 0 aromatic carbocycles.